The van der Waals surface area contributed by atoms with E-state index in [1.807, 2.05) is 45.3 Å². The summed E-state index contributed by atoms with van der Waals surface area (Å²) < 4.78 is 11.8. The Morgan fingerprint density at radius 3 is 0.982 bits per heavy atom. The molecular formula is C51H60S4. The van der Waals surface area contributed by atoms with Gasteiger partial charge in [0.2, 0.25) is 0 Å². The number of fused-ring (bicyclic) bond motifs is 10. The average molecular weight is 801 g/mol. The third-order valence-electron chi connectivity index (χ3n) is 12.2. The number of rotatable bonds is 20. The second kappa shape index (κ2) is 17.8. The number of hydrogen-bond acceptors (Lipinski definition) is 4. The normalized spacial score (nSPS) is 12.6. The van der Waals surface area contributed by atoms with Crippen LogP contribution in [0.5, 0.6) is 0 Å². The maximum atomic E-state index is 2.50. The van der Waals surface area contributed by atoms with Crippen molar-refractivity contribution in [3.8, 4) is 0 Å². The summed E-state index contributed by atoms with van der Waals surface area (Å²) in [5, 5.41) is 5.81. The van der Waals surface area contributed by atoms with Gasteiger partial charge in [-0.3, -0.25) is 0 Å². The lowest BCUT2D eigenvalue weighted by Gasteiger charge is -2.24. The highest BCUT2D eigenvalue weighted by Gasteiger charge is 2.20. The molecule has 0 nitrogen and oxygen atoms in total. The molecule has 0 radical (unpaired) electrons. The number of aryl methyl sites for hydroxylation is 4. The standard InChI is InChI=1S/C51H60S4/c1-5-7-9-11-13-15-17-35-19-23-39-43(31-35)52-49-41-25-21-37(33-45(41)54-47(39)49)27-29-51(3,4)30-28-38-22-26-42-46(34-38)55-48-40-24-20-36(32-44(40)53-50(42)48)18-16-14-12-10-8-6-2/h19-26,31-34H,5-18,27-30H2,1-4H3. The molecule has 0 N–H and O–H groups in total. The Kier molecular flexibility index (Phi) is 12.6. The van der Waals surface area contributed by atoms with Crippen LogP contribution in [0.25, 0.3) is 59.1 Å². The highest BCUT2D eigenvalue weighted by atomic mass is 32.1. The minimum absolute atomic E-state index is 0.294. The molecule has 4 aromatic carbocycles. The Labute approximate surface area is 346 Å². The summed E-state index contributed by atoms with van der Waals surface area (Å²) in [6, 6.07) is 29.2. The monoisotopic (exact) mass is 800 g/mol. The van der Waals surface area contributed by atoms with Crippen LogP contribution in [0.2, 0.25) is 0 Å². The second-order valence-electron chi connectivity index (χ2n) is 17.2. The van der Waals surface area contributed by atoms with Crippen LogP contribution in [-0.4, -0.2) is 0 Å². The number of thiophene rings is 4. The fraction of sp³-hybridized carbons (Fsp3) is 0.451. The Hall–Kier alpha value is -2.76. The summed E-state index contributed by atoms with van der Waals surface area (Å²) in [5.74, 6) is 0. The third-order valence-corrected chi connectivity index (χ3v) is 17.2. The van der Waals surface area contributed by atoms with Gasteiger partial charge >= 0.3 is 0 Å². The first-order valence-corrected chi connectivity index (χ1v) is 24.9. The topological polar surface area (TPSA) is 0 Å². The van der Waals surface area contributed by atoms with Crippen molar-refractivity contribution < 1.29 is 0 Å². The molecule has 0 aliphatic heterocycles. The molecule has 0 aliphatic rings. The first-order chi connectivity index (χ1) is 26.9. The molecule has 0 saturated heterocycles. The van der Waals surface area contributed by atoms with Crippen LogP contribution in [-0.2, 0) is 25.7 Å². The average Bonchev–Trinajstić information content (AvgIpc) is 3.93. The molecule has 8 aromatic rings. The Balaban J connectivity index is 0.868. The van der Waals surface area contributed by atoms with Crippen LogP contribution < -0.4 is 0 Å². The van der Waals surface area contributed by atoms with Crippen molar-refractivity contribution in [1.82, 2.24) is 0 Å². The van der Waals surface area contributed by atoms with Crippen molar-refractivity contribution in [3.05, 3.63) is 95.1 Å². The molecule has 0 aliphatic carbocycles. The predicted octanol–water partition coefficient (Wildman–Crippen LogP) is 18.2. The summed E-state index contributed by atoms with van der Waals surface area (Å²) >= 11 is 8.04. The largest absolute Gasteiger partial charge is 0.134 e. The molecule has 55 heavy (non-hydrogen) atoms. The lowest BCUT2D eigenvalue weighted by Crippen LogP contribution is -2.13. The number of unbranched alkanes of at least 4 members (excludes halogenated alkanes) is 10. The fourth-order valence-corrected chi connectivity index (χ4v) is 14.2. The maximum Gasteiger partial charge on any atom is 0.0542 e. The van der Waals surface area contributed by atoms with Crippen LogP contribution >= 0.6 is 45.3 Å². The zero-order valence-corrected chi connectivity index (χ0v) is 37.1. The number of benzene rings is 4. The van der Waals surface area contributed by atoms with Crippen LogP contribution in [0.1, 0.15) is 140 Å². The van der Waals surface area contributed by atoms with Gasteiger partial charge in [-0.25, -0.2) is 0 Å². The van der Waals surface area contributed by atoms with E-state index in [0.717, 1.165) is 12.8 Å². The van der Waals surface area contributed by atoms with Crippen LogP contribution in [0, 0.1) is 5.41 Å². The van der Waals surface area contributed by atoms with E-state index in [9.17, 15) is 0 Å². The Morgan fingerprint density at radius 1 is 0.364 bits per heavy atom. The lowest BCUT2D eigenvalue weighted by molar-refractivity contribution is 0.308. The van der Waals surface area contributed by atoms with Crippen molar-refractivity contribution in [2.45, 2.75) is 143 Å². The first-order valence-electron chi connectivity index (χ1n) is 21.6. The van der Waals surface area contributed by atoms with E-state index >= 15 is 0 Å². The zero-order valence-electron chi connectivity index (χ0n) is 33.8. The lowest BCUT2D eigenvalue weighted by atomic mass is 9.81. The van der Waals surface area contributed by atoms with E-state index in [-0.39, 0.29) is 0 Å². The predicted molar refractivity (Wildman–Crippen MR) is 254 cm³/mol. The smallest absolute Gasteiger partial charge is 0.0542 e. The molecule has 0 amide bonds. The maximum absolute atomic E-state index is 2.50. The van der Waals surface area contributed by atoms with Gasteiger partial charge in [0.25, 0.3) is 0 Å². The Bertz CT molecular complexity index is 2340. The van der Waals surface area contributed by atoms with E-state index in [1.165, 1.54) is 184 Å². The fourth-order valence-electron chi connectivity index (χ4n) is 8.62. The van der Waals surface area contributed by atoms with Gasteiger partial charge in [0.05, 0.1) is 18.8 Å². The van der Waals surface area contributed by atoms with Crippen molar-refractivity contribution in [2.75, 3.05) is 0 Å². The minimum atomic E-state index is 0.294. The van der Waals surface area contributed by atoms with Crippen LogP contribution in [0.15, 0.2) is 72.8 Å². The molecular weight excluding hydrogens is 741 g/mol. The second-order valence-corrected chi connectivity index (χ2v) is 21.5. The van der Waals surface area contributed by atoms with Gasteiger partial charge in [-0.15, -0.1) is 45.3 Å². The van der Waals surface area contributed by atoms with Gasteiger partial charge in [-0.05, 0) is 103 Å². The molecule has 0 fully saturated rings. The minimum Gasteiger partial charge on any atom is -0.134 e. The van der Waals surface area contributed by atoms with E-state index in [2.05, 4.69) is 100 Å². The van der Waals surface area contributed by atoms with Gasteiger partial charge in [0, 0.05) is 40.3 Å². The highest BCUT2D eigenvalue weighted by molar-refractivity contribution is 7.37. The number of hydrogen-bond donors (Lipinski definition) is 0. The molecule has 288 valence electrons. The van der Waals surface area contributed by atoms with E-state index in [0.29, 0.717) is 5.41 Å². The molecule has 0 saturated carbocycles. The van der Waals surface area contributed by atoms with Crippen LogP contribution in [0.3, 0.4) is 0 Å². The van der Waals surface area contributed by atoms with Crippen molar-refractivity contribution in [1.29, 1.82) is 0 Å². The van der Waals surface area contributed by atoms with E-state index in [4.69, 9.17) is 0 Å². The summed E-state index contributed by atoms with van der Waals surface area (Å²) in [6.45, 7) is 9.55. The van der Waals surface area contributed by atoms with Gasteiger partial charge in [-0.1, -0.05) is 140 Å². The SMILES string of the molecule is CCCCCCCCc1ccc2c(c1)sc1c3ccc(CCC(C)(C)CCc4ccc5c(c4)sc4c6ccc(CCCCCCCC)cc6sc54)cc3sc21. The molecule has 8 rings (SSSR count). The summed E-state index contributed by atoms with van der Waals surface area (Å²) in [6.07, 6.45) is 23.5. The molecule has 4 heterocycles. The first kappa shape index (κ1) is 39.1. The van der Waals surface area contributed by atoms with Gasteiger partial charge in [-0.2, -0.15) is 0 Å². The van der Waals surface area contributed by atoms with Crippen molar-refractivity contribution in [2.24, 2.45) is 5.41 Å². The van der Waals surface area contributed by atoms with Crippen molar-refractivity contribution in [3.63, 3.8) is 0 Å². The summed E-state index contributed by atoms with van der Waals surface area (Å²) in [5.41, 5.74) is 6.30. The van der Waals surface area contributed by atoms with Gasteiger partial charge in [0.1, 0.15) is 0 Å². The molecule has 0 unspecified atom stereocenters. The zero-order chi connectivity index (χ0) is 37.8. The molecule has 0 bridgehead atoms. The van der Waals surface area contributed by atoms with E-state index in [1.54, 1.807) is 0 Å². The summed E-state index contributed by atoms with van der Waals surface area (Å²) in [4.78, 5) is 0. The van der Waals surface area contributed by atoms with Crippen LogP contribution in [0.4, 0.5) is 0 Å². The van der Waals surface area contributed by atoms with E-state index < -0.39 is 0 Å². The highest BCUT2D eigenvalue weighted by Crippen LogP contribution is 2.46. The molecule has 4 heteroatoms. The molecule has 4 aromatic heterocycles. The van der Waals surface area contributed by atoms with Crippen molar-refractivity contribution >= 4 is 104 Å². The van der Waals surface area contributed by atoms with Gasteiger partial charge < -0.3 is 0 Å². The quantitative estimate of drug-likeness (QED) is 0.0674. The van der Waals surface area contributed by atoms with Gasteiger partial charge in [0.15, 0.2) is 0 Å². The molecule has 0 spiro atoms. The molecule has 0 atom stereocenters. The summed E-state index contributed by atoms with van der Waals surface area (Å²) in [7, 11) is 0. The Morgan fingerprint density at radius 2 is 0.655 bits per heavy atom. The third kappa shape index (κ3) is 9.04.